The number of aliphatic hydroxyl groups excluding tert-OH is 8. The number of nitrogens with one attached hydrogen (secondary N) is 1. The number of unbranched alkanes of at least 4 members (excludes halogenated alkanes) is 41. The predicted octanol–water partition coefficient (Wildman–Crippen LogP) is 18.9. The van der Waals surface area contributed by atoms with Gasteiger partial charge in [0.05, 0.1) is 32.0 Å². The second kappa shape index (κ2) is 68.0. The second-order valence-corrected chi connectivity index (χ2v) is 28.5. The summed E-state index contributed by atoms with van der Waals surface area (Å²) in [6.07, 6.45) is 80.7. The lowest BCUT2D eigenvalue weighted by Crippen LogP contribution is -2.65. The van der Waals surface area contributed by atoms with Gasteiger partial charge in [0.1, 0.15) is 48.8 Å². The Labute approximate surface area is 604 Å². The number of hydrogen-bond acceptors (Lipinski definition) is 13. The zero-order chi connectivity index (χ0) is 71.5. The van der Waals surface area contributed by atoms with E-state index in [9.17, 15) is 45.6 Å². The molecule has 2 saturated heterocycles. The third-order valence-corrected chi connectivity index (χ3v) is 19.5. The standard InChI is InChI=1S/C85H151NO13/c1-3-5-7-9-11-13-15-17-19-21-23-25-27-29-31-33-34-35-36-37-38-39-40-41-43-45-47-49-51-53-55-57-59-61-63-65-67-69-77(90)86-73(72-96-84-82(95)80(93)83(76(71-88)98-84)99-85-81(94)79(92)78(91)75(70-87)97-85)74(89)68-66-64-62-60-58-56-54-52-50-48-46-44-42-32-30-28-26-24-22-20-18-16-14-12-10-8-6-4-2/h5,7,11,13,17,19,23,25,29,31,50,52,58,60,66,68,73-76,78-85,87-89,91-95H,3-4,6,8-10,12,14-16,18,20-22,24,26-28,30,32-49,51,53-57,59,61-65,67,69-72H2,1-2H3,(H,86,90)/b7-5-,13-11-,19-17-,25-23-,31-29-,52-50+,60-58+,68-66+. The van der Waals surface area contributed by atoms with E-state index in [0.717, 1.165) is 77.0 Å². The van der Waals surface area contributed by atoms with E-state index in [0.29, 0.717) is 12.8 Å². The Morgan fingerprint density at radius 3 is 1.11 bits per heavy atom. The Kier molecular flexibility index (Phi) is 63.2. The van der Waals surface area contributed by atoms with Crippen LogP contribution < -0.4 is 5.32 Å². The fourth-order valence-corrected chi connectivity index (χ4v) is 13.1. The first-order valence-corrected chi connectivity index (χ1v) is 41.0. The molecule has 14 heteroatoms. The fourth-order valence-electron chi connectivity index (χ4n) is 13.1. The van der Waals surface area contributed by atoms with E-state index in [1.165, 1.54) is 231 Å². The first kappa shape index (κ1) is 92.0. The monoisotopic (exact) mass is 1390 g/mol. The molecule has 0 saturated carbocycles. The van der Waals surface area contributed by atoms with Crippen LogP contribution in [0.25, 0.3) is 0 Å². The van der Waals surface area contributed by atoms with E-state index in [1.54, 1.807) is 6.08 Å². The summed E-state index contributed by atoms with van der Waals surface area (Å²) in [7, 11) is 0. The smallest absolute Gasteiger partial charge is 0.220 e. The molecule has 0 aromatic rings. The van der Waals surface area contributed by atoms with Gasteiger partial charge in [-0.05, 0) is 89.9 Å². The lowest BCUT2D eigenvalue weighted by molar-refractivity contribution is -0.359. The highest BCUT2D eigenvalue weighted by Crippen LogP contribution is 2.30. The summed E-state index contributed by atoms with van der Waals surface area (Å²) in [6, 6.07) is -0.943. The minimum absolute atomic E-state index is 0.250. The van der Waals surface area contributed by atoms with Crippen LogP contribution in [-0.4, -0.2) is 140 Å². The molecular formula is C85H151NO13. The molecule has 0 aromatic carbocycles. The maximum absolute atomic E-state index is 13.4. The molecule has 2 rings (SSSR count). The molecule has 2 heterocycles. The average molecular weight is 1400 g/mol. The summed E-state index contributed by atoms with van der Waals surface area (Å²) < 4.78 is 22.9. The van der Waals surface area contributed by atoms with Crippen LogP contribution in [0.1, 0.15) is 341 Å². The topological polar surface area (TPSA) is 228 Å². The fraction of sp³-hybridized carbons (Fsp3) is 0.800. The van der Waals surface area contributed by atoms with E-state index in [2.05, 4.69) is 104 Å². The van der Waals surface area contributed by atoms with Crippen molar-refractivity contribution in [1.82, 2.24) is 5.32 Å². The van der Waals surface area contributed by atoms with Gasteiger partial charge < -0.3 is 65.1 Å². The molecule has 574 valence electrons. The molecule has 14 nitrogen and oxygen atoms in total. The van der Waals surface area contributed by atoms with E-state index in [4.69, 9.17) is 18.9 Å². The van der Waals surface area contributed by atoms with Crippen LogP contribution in [0, 0.1) is 0 Å². The molecule has 0 spiro atoms. The number of rotatable bonds is 68. The van der Waals surface area contributed by atoms with E-state index < -0.39 is 86.8 Å². The predicted molar refractivity (Wildman–Crippen MR) is 410 cm³/mol. The minimum Gasteiger partial charge on any atom is -0.394 e. The summed E-state index contributed by atoms with van der Waals surface area (Å²) in [5.74, 6) is -0.250. The second-order valence-electron chi connectivity index (χ2n) is 28.5. The molecule has 12 unspecified atom stereocenters. The number of amides is 1. The van der Waals surface area contributed by atoms with E-state index >= 15 is 0 Å². The van der Waals surface area contributed by atoms with Crippen LogP contribution in [0.15, 0.2) is 97.2 Å². The highest BCUT2D eigenvalue weighted by atomic mass is 16.7. The number of allylic oxidation sites excluding steroid dienone is 15. The van der Waals surface area contributed by atoms with Gasteiger partial charge in [0.15, 0.2) is 12.6 Å². The molecule has 0 bridgehead atoms. The van der Waals surface area contributed by atoms with Gasteiger partial charge in [-0.2, -0.15) is 0 Å². The third-order valence-electron chi connectivity index (χ3n) is 19.5. The molecule has 0 aromatic heterocycles. The first-order chi connectivity index (χ1) is 48.6. The van der Waals surface area contributed by atoms with Crippen molar-refractivity contribution in [3.05, 3.63) is 97.2 Å². The van der Waals surface area contributed by atoms with Crippen LogP contribution in [0.3, 0.4) is 0 Å². The van der Waals surface area contributed by atoms with Crippen LogP contribution in [-0.2, 0) is 23.7 Å². The Bertz CT molecular complexity index is 2040. The summed E-state index contributed by atoms with van der Waals surface area (Å²) >= 11 is 0. The summed E-state index contributed by atoms with van der Waals surface area (Å²) in [6.45, 7) is 2.71. The molecule has 1 amide bonds. The molecule has 0 radical (unpaired) electrons. The molecule has 99 heavy (non-hydrogen) atoms. The van der Waals surface area contributed by atoms with Crippen molar-refractivity contribution in [2.75, 3.05) is 19.8 Å². The van der Waals surface area contributed by atoms with Crippen molar-refractivity contribution in [3.8, 4) is 0 Å². The molecule has 2 fully saturated rings. The summed E-state index contributed by atoms with van der Waals surface area (Å²) in [5.41, 5.74) is 0. The Hall–Kier alpha value is -3.09. The largest absolute Gasteiger partial charge is 0.394 e. The number of ether oxygens (including phenoxy) is 4. The number of aliphatic hydroxyl groups is 8. The Morgan fingerprint density at radius 2 is 0.707 bits per heavy atom. The van der Waals surface area contributed by atoms with E-state index in [-0.39, 0.29) is 18.9 Å². The van der Waals surface area contributed by atoms with Gasteiger partial charge in [0.25, 0.3) is 0 Å². The van der Waals surface area contributed by atoms with Gasteiger partial charge in [0, 0.05) is 6.42 Å². The van der Waals surface area contributed by atoms with Gasteiger partial charge in [0.2, 0.25) is 5.91 Å². The number of hydrogen-bond donors (Lipinski definition) is 9. The normalized spacial score (nSPS) is 22.4. The van der Waals surface area contributed by atoms with Gasteiger partial charge >= 0.3 is 0 Å². The first-order valence-electron chi connectivity index (χ1n) is 41.0. The quantitative estimate of drug-likeness (QED) is 0.0204. The van der Waals surface area contributed by atoms with Crippen LogP contribution in [0.2, 0.25) is 0 Å². The third kappa shape index (κ3) is 50.9. The van der Waals surface area contributed by atoms with Crippen molar-refractivity contribution in [2.24, 2.45) is 0 Å². The highest BCUT2D eigenvalue weighted by molar-refractivity contribution is 5.76. The Balaban J connectivity index is 1.62. The summed E-state index contributed by atoms with van der Waals surface area (Å²) in [5, 5.41) is 87.7. The van der Waals surface area contributed by atoms with Gasteiger partial charge in [-0.25, -0.2) is 0 Å². The van der Waals surface area contributed by atoms with Crippen LogP contribution in [0.5, 0.6) is 0 Å². The van der Waals surface area contributed by atoms with Gasteiger partial charge in [-0.3, -0.25) is 4.79 Å². The maximum atomic E-state index is 13.4. The van der Waals surface area contributed by atoms with Crippen molar-refractivity contribution >= 4 is 5.91 Å². The SMILES string of the molecule is CC/C=C\C/C=C\C/C=C\C/C=C\C/C=C\CCCCCCCCCCCCCCCCCCCCCCCC(=O)NC(COC1OC(CO)C(OC2OC(CO)C(O)C(O)C2O)C(O)C1O)C(O)/C=C/CC/C=C/CC/C=C/CCCCCCCCCCCCCCCCCCCC. The lowest BCUT2D eigenvalue weighted by Gasteiger charge is -2.46. The Morgan fingerprint density at radius 1 is 0.374 bits per heavy atom. The van der Waals surface area contributed by atoms with Crippen molar-refractivity contribution in [3.63, 3.8) is 0 Å². The van der Waals surface area contributed by atoms with Crippen molar-refractivity contribution < 1.29 is 64.6 Å². The van der Waals surface area contributed by atoms with Gasteiger partial charge in [-0.15, -0.1) is 0 Å². The maximum Gasteiger partial charge on any atom is 0.220 e. The summed E-state index contributed by atoms with van der Waals surface area (Å²) in [4.78, 5) is 13.4. The average Bonchev–Trinajstić information content (AvgIpc) is 0.793. The molecule has 9 N–H and O–H groups in total. The van der Waals surface area contributed by atoms with Crippen LogP contribution >= 0.6 is 0 Å². The lowest BCUT2D eigenvalue weighted by atomic mass is 9.97. The van der Waals surface area contributed by atoms with Crippen molar-refractivity contribution in [2.45, 2.75) is 415 Å². The minimum atomic E-state index is -1.80. The number of carbonyl (C=O) groups is 1. The zero-order valence-corrected chi connectivity index (χ0v) is 63.0. The highest BCUT2D eigenvalue weighted by Gasteiger charge is 2.51. The zero-order valence-electron chi connectivity index (χ0n) is 63.0. The molecule has 2 aliphatic heterocycles. The molecular weight excluding hydrogens is 1240 g/mol. The molecule has 12 atom stereocenters. The molecule has 0 aliphatic carbocycles. The molecule has 2 aliphatic rings. The van der Waals surface area contributed by atoms with Gasteiger partial charge in [-0.1, -0.05) is 342 Å². The van der Waals surface area contributed by atoms with E-state index in [1.807, 2.05) is 6.08 Å². The van der Waals surface area contributed by atoms with Crippen LogP contribution in [0.4, 0.5) is 0 Å². The van der Waals surface area contributed by atoms with Crippen molar-refractivity contribution in [1.29, 1.82) is 0 Å². The number of carbonyl (C=O) groups excluding carboxylic acids is 1.